The molecule has 1 heterocycles. The predicted molar refractivity (Wildman–Crippen MR) is 85.1 cm³/mol. The van der Waals surface area contributed by atoms with Crippen LogP contribution in [0.15, 0.2) is 9.59 Å². The number of thioether (sulfide) groups is 1. The van der Waals surface area contributed by atoms with Crippen LogP contribution in [0.2, 0.25) is 0 Å². The van der Waals surface area contributed by atoms with Crippen LogP contribution in [0.3, 0.4) is 0 Å². The number of H-pyrrole nitrogens is 1. The quantitative estimate of drug-likeness (QED) is 0.499. The summed E-state index contributed by atoms with van der Waals surface area (Å²) in [5, 5.41) is 12.2. The maximum absolute atomic E-state index is 11.9. The molecule has 120 valence electrons. The fraction of sp³-hybridized carbons (Fsp3) is 0.667. The molecule has 0 radical (unpaired) electrons. The van der Waals surface area contributed by atoms with Gasteiger partial charge in [0.05, 0.1) is 19.8 Å². The topological polar surface area (TPSA) is 122 Å². The van der Waals surface area contributed by atoms with Crippen LogP contribution < -0.4 is 22.3 Å². The number of aromatic amines is 1. The fourth-order valence-corrected chi connectivity index (χ4v) is 2.51. The maximum Gasteiger partial charge on any atom is 0.330 e. The van der Waals surface area contributed by atoms with E-state index in [4.69, 9.17) is 10.5 Å². The van der Waals surface area contributed by atoms with E-state index in [9.17, 15) is 14.7 Å². The summed E-state index contributed by atoms with van der Waals surface area (Å²) in [6, 6.07) is -0.193. The van der Waals surface area contributed by atoms with Gasteiger partial charge in [0.2, 0.25) is 0 Å². The zero-order chi connectivity index (χ0) is 16.0. The van der Waals surface area contributed by atoms with Crippen LogP contribution in [0.5, 0.6) is 0 Å². The van der Waals surface area contributed by atoms with E-state index >= 15 is 0 Å². The zero-order valence-electron chi connectivity index (χ0n) is 12.4. The highest BCUT2D eigenvalue weighted by atomic mass is 32.2. The maximum atomic E-state index is 11.9. The number of aliphatic hydroxyl groups is 1. The lowest BCUT2D eigenvalue weighted by atomic mass is 10.2. The molecule has 0 aliphatic heterocycles. The number of hydrogen-bond donors (Lipinski definition) is 4. The van der Waals surface area contributed by atoms with Gasteiger partial charge < -0.3 is 20.9 Å². The summed E-state index contributed by atoms with van der Waals surface area (Å²) in [4.78, 5) is 25.9. The third-order valence-electron chi connectivity index (χ3n) is 3.17. The fourth-order valence-electron chi connectivity index (χ4n) is 1.89. The van der Waals surface area contributed by atoms with Gasteiger partial charge in [-0.25, -0.2) is 4.79 Å². The van der Waals surface area contributed by atoms with Crippen LogP contribution in [0.4, 0.5) is 11.5 Å². The average molecular weight is 318 g/mol. The lowest BCUT2D eigenvalue weighted by Crippen LogP contribution is -2.38. The zero-order valence-corrected chi connectivity index (χ0v) is 13.2. The van der Waals surface area contributed by atoms with Crippen molar-refractivity contribution in [3.8, 4) is 0 Å². The number of aromatic nitrogens is 2. The first kappa shape index (κ1) is 17.6. The molecular formula is C12H22N4O4S. The second-order valence-corrected chi connectivity index (χ2v) is 5.63. The minimum Gasteiger partial charge on any atom is -0.395 e. The summed E-state index contributed by atoms with van der Waals surface area (Å²) in [5.74, 6) is 0.0606. The Hall–Kier alpha value is -1.45. The molecule has 0 aliphatic carbocycles. The van der Waals surface area contributed by atoms with Gasteiger partial charge in [-0.05, 0) is 13.2 Å². The molecule has 0 aromatic carbocycles. The number of ether oxygens (including phenoxy) is 1. The van der Waals surface area contributed by atoms with Gasteiger partial charge in [-0.2, -0.15) is 11.8 Å². The normalized spacial score (nSPS) is 13.9. The number of hydrogen-bond acceptors (Lipinski definition) is 7. The van der Waals surface area contributed by atoms with Crippen molar-refractivity contribution in [2.75, 3.05) is 37.6 Å². The molecule has 5 N–H and O–H groups in total. The third kappa shape index (κ3) is 4.26. The molecule has 1 rings (SSSR count). The Labute approximate surface area is 126 Å². The van der Waals surface area contributed by atoms with Crippen LogP contribution >= 0.6 is 11.8 Å². The van der Waals surface area contributed by atoms with Crippen molar-refractivity contribution in [2.24, 2.45) is 0 Å². The van der Waals surface area contributed by atoms with E-state index in [2.05, 4.69) is 10.3 Å². The van der Waals surface area contributed by atoms with E-state index in [0.717, 1.165) is 0 Å². The Morgan fingerprint density at radius 3 is 2.71 bits per heavy atom. The van der Waals surface area contributed by atoms with Crippen molar-refractivity contribution >= 4 is 23.3 Å². The number of nitrogens with zero attached hydrogens (tertiary/aromatic N) is 1. The van der Waals surface area contributed by atoms with Crippen molar-refractivity contribution in [3.05, 3.63) is 20.8 Å². The highest BCUT2D eigenvalue weighted by Gasteiger charge is 2.19. The molecule has 0 bridgehead atoms. The van der Waals surface area contributed by atoms with E-state index in [1.165, 1.54) is 23.4 Å². The second kappa shape index (κ2) is 8.11. The number of nitrogens with two attached hydrogens (primary N) is 1. The molecular weight excluding hydrogens is 296 g/mol. The van der Waals surface area contributed by atoms with E-state index in [-0.39, 0.29) is 35.9 Å². The van der Waals surface area contributed by atoms with Gasteiger partial charge in [0.25, 0.3) is 5.56 Å². The smallest absolute Gasteiger partial charge is 0.330 e. The Bertz CT molecular complexity index is 567. The van der Waals surface area contributed by atoms with Gasteiger partial charge in [-0.15, -0.1) is 0 Å². The first-order valence-electron chi connectivity index (χ1n) is 6.48. The summed E-state index contributed by atoms with van der Waals surface area (Å²) >= 11 is 1.48. The van der Waals surface area contributed by atoms with Gasteiger partial charge in [0.15, 0.2) is 0 Å². The molecule has 1 aromatic heterocycles. The lowest BCUT2D eigenvalue weighted by Gasteiger charge is -2.23. The Balaban J connectivity index is 3.12. The molecule has 2 atom stereocenters. The van der Waals surface area contributed by atoms with Crippen molar-refractivity contribution in [2.45, 2.75) is 24.8 Å². The van der Waals surface area contributed by atoms with E-state index in [0.29, 0.717) is 6.61 Å². The number of nitrogens with one attached hydrogen (secondary N) is 2. The van der Waals surface area contributed by atoms with Gasteiger partial charge in [-0.1, -0.05) is 0 Å². The molecule has 9 heteroatoms. The number of methoxy groups -OCH3 is 1. The van der Waals surface area contributed by atoms with Crippen LogP contribution in [-0.4, -0.2) is 52.5 Å². The molecule has 0 saturated heterocycles. The standard InChI is InChI=1S/C12H22N4O4S/c1-7(8(6-17)21-3)14-9-10(13)16(4-5-20-2)12(19)15-11(9)18/h7-8,14,17H,4-6,13H2,1-3H3,(H,15,18,19). The predicted octanol–water partition coefficient (Wildman–Crippen LogP) is -0.710. The highest BCUT2D eigenvalue weighted by Crippen LogP contribution is 2.17. The Morgan fingerprint density at radius 1 is 1.52 bits per heavy atom. The number of nitrogen functional groups attached to an aromatic ring is 1. The molecule has 0 amide bonds. The van der Waals surface area contributed by atoms with Gasteiger partial charge in [0, 0.05) is 18.4 Å². The minimum absolute atomic E-state index is 0.0313. The van der Waals surface area contributed by atoms with Crippen LogP contribution in [-0.2, 0) is 11.3 Å². The second-order valence-electron chi connectivity index (χ2n) is 4.55. The minimum atomic E-state index is -0.573. The summed E-state index contributed by atoms with van der Waals surface area (Å²) in [7, 11) is 1.51. The third-order valence-corrected chi connectivity index (χ3v) is 4.33. The number of anilines is 2. The molecule has 0 saturated carbocycles. The lowest BCUT2D eigenvalue weighted by molar-refractivity contribution is 0.186. The number of rotatable bonds is 8. The van der Waals surface area contributed by atoms with Gasteiger partial charge >= 0.3 is 5.69 Å². The monoisotopic (exact) mass is 318 g/mol. The van der Waals surface area contributed by atoms with E-state index < -0.39 is 11.2 Å². The molecule has 1 aromatic rings. The van der Waals surface area contributed by atoms with Crippen LogP contribution in [0.1, 0.15) is 6.92 Å². The van der Waals surface area contributed by atoms with Crippen LogP contribution in [0, 0.1) is 0 Å². The largest absolute Gasteiger partial charge is 0.395 e. The highest BCUT2D eigenvalue weighted by molar-refractivity contribution is 7.99. The first-order chi connectivity index (χ1) is 9.96. The van der Waals surface area contributed by atoms with E-state index in [1.54, 1.807) is 0 Å². The number of aliphatic hydroxyl groups excluding tert-OH is 1. The molecule has 21 heavy (non-hydrogen) atoms. The van der Waals surface area contributed by atoms with E-state index in [1.807, 2.05) is 13.2 Å². The van der Waals surface area contributed by atoms with Gasteiger partial charge in [0.1, 0.15) is 11.5 Å². The summed E-state index contributed by atoms with van der Waals surface area (Å²) in [5.41, 5.74) is 4.90. The van der Waals surface area contributed by atoms with Crippen molar-refractivity contribution in [1.29, 1.82) is 0 Å². The first-order valence-corrected chi connectivity index (χ1v) is 7.76. The molecule has 0 aliphatic rings. The molecule has 2 unspecified atom stereocenters. The Kier molecular flexibility index (Phi) is 6.79. The summed E-state index contributed by atoms with van der Waals surface area (Å²) in [6.45, 7) is 2.35. The average Bonchev–Trinajstić information content (AvgIpc) is 2.44. The van der Waals surface area contributed by atoms with Crippen molar-refractivity contribution in [3.63, 3.8) is 0 Å². The SMILES string of the molecule is COCCn1c(N)c(NC(C)C(CO)SC)c(=O)[nH]c1=O. The van der Waals surface area contributed by atoms with Gasteiger partial charge in [-0.3, -0.25) is 14.3 Å². The molecule has 0 spiro atoms. The summed E-state index contributed by atoms with van der Waals surface area (Å²) < 4.78 is 6.16. The van der Waals surface area contributed by atoms with Crippen molar-refractivity contribution < 1.29 is 9.84 Å². The molecule has 8 nitrogen and oxygen atoms in total. The van der Waals surface area contributed by atoms with Crippen molar-refractivity contribution in [1.82, 2.24) is 9.55 Å². The Morgan fingerprint density at radius 2 is 2.19 bits per heavy atom. The van der Waals surface area contributed by atoms with Crippen LogP contribution in [0.25, 0.3) is 0 Å². The molecule has 0 fully saturated rings. The summed E-state index contributed by atoms with van der Waals surface area (Å²) in [6.07, 6.45) is 1.87.